The van der Waals surface area contributed by atoms with Crippen molar-refractivity contribution in [2.45, 2.75) is 25.8 Å². The van der Waals surface area contributed by atoms with Crippen molar-refractivity contribution in [3.05, 3.63) is 28.0 Å². The zero-order valence-electron chi connectivity index (χ0n) is 11.0. The van der Waals surface area contributed by atoms with E-state index in [1.165, 1.54) is 6.07 Å². The average Bonchev–Trinajstić information content (AvgIpc) is 2.42. The van der Waals surface area contributed by atoms with E-state index in [2.05, 4.69) is 10.3 Å². The van der Waals surface area contributed by atoms with E-state index in [4.69, 9.17) is 23.2 Å². The van der Waals surface area contributed by atoms with Crippen molar-refractivity contribution in [3.8, 4) is 0 Å². The Balaban J connectivity index is 1.96. The third-order valence-corrected chi connectivity index (χ3v) is 3.82. The van der Waals surface area contributed by atoms with E-state index < -0.39 is 0 Å². The molecule has 1 aromatic rings. The van der Waals surface area contributed by atoms with E-state index >= 15 is 0 Å². The molecule has 0 bridgehead atoms. The number of hydrogen-bond acceptors (Lipinski definition) is 3. The van der Waals surface area contributed by atoms with Gasteiger partial charge in [-0.05, 0) is 25.0 Å². The minimum Gasteiger partial charge on any atom is -0.348 e. The quantitative estimate of drug-likeness (QED) is 0.850. The van der Waals surface area contributed by atoms with Crippen molar-refractivity contribution in [2.75, 3.05) is 13.1 Å². The fourth-order valence-corrected chi connectivity index (χ4v) is 2.51. The van der Waals surface area contributed by atoms with E-state index in [1.807, 2.05) is 0 Å². The third kappa shape index (κ3) is 3.61. The Morgan fingerprint density at radius 1 is 1.30 bits per heavy atom. The zero-order valence-corrected chi connectivity index (χ0v) is 12.5. The highest BCUT2D eigenvalue weighted by Crippen LogP contribution is 2.18. The number of nitrogens with one attached hydrogen (secondary N) is 1. The molecule has 2 amide bonds. The summed E-state index contributed by atoms with van der Waals surface area (Å²) in [6, 6.07) is 3.10. The Labute approximate surface area is 127 Å². The van der Waals surface area contributed by atoms with Crippen molar-refractivity contribution in [1.82, 2.24) is 15.2 Å². The van der Waals surface area contributed by atoms with Crippen LogP contribution in [0, 0.1) is 0 Å². The van der Waals surface area contributed by atoms with Gasteiger partial charge in [0.2, 0.25) is 5.91 Å². The number of carbonyl (C=O) groups excluding carboxylic acids is 2. The van der Waals surface area contributed by atoms with Crippen LogP contribution in [-0.2, 0) is 4.79 Å². The maximum absolute atomic E-state index is 12.1. The van der Waals surface area contributed by atoms with E-state index in [9.17, 15) is 9.59 Å². The van der Waals surface area contributed by atoms with Gasteiger partial charge in [0.25, 0.3) is 5.91 Å². The average molecular weight is 316 g/mol. The number of pyridine rings is 1. The van der Waals surface area contributed by atoms with Gasteiger partial charge in [-0.25, -0.2) is 4.98 Å². The molecule has 0 aliphatic carbocycles. The summed E-state index contributed by atoms with van der Waals surface area (Å²) in [7, 11) is 0. The maximum atomic E-state index is 12.1. The first-order valence-electron chi connectivity index (χ1n) is 6.36. The van der Waals surface area contributed by atoms with Crippen LogP contribution >= 0.6 is 23.2 Å². The maximum Gasteiger partial charge on any atom is 0.271 e. The fourth-order valence-electron chi connectivity index (χ4n) is 2.17. The van der Waals surface area contributed by atoms with Gasteiger partial charge in [-0.1, -0.05) is 23.2 Å². The van der Waals surface area contributed by atoms with Crippen LogP contribution in [0.1, 0.15) is 30.3 Å². The van der Waals surface area contributed by atoms with Gasteiger partial charge >= 0.3 is 0 Å². The van der Waals surface area contributed by atoms with Crippen LogP contribution in [-0.4, -0.2) is 40.8 Å². The van der Waals surface area contributed by atoms with Crippen LogP contribution in [0.25, 0.3) is 0 Å². The number of hydrogen-bond donors (Lipinski definition) is 1. The smallest absolute Gasteiger partial charge is 0.271 e. The highest BCUT2D eigenvalue weighted by molar-refractivity contribution is 6.34. The number of carbonyl (C=O) groups is 2. The summed E-state index contributed by atoms with van der Waals surface area (Å²) in [5.74, 6) is -0.270. The molecule has 1 aromatic heterocycles. The summed E-state index contributed by atoms with van der Waals surface area (Å²) in [6.45, 7) is 2.85. The topological polar surface area (TPSA) is 62.3 Å². The molecule has 1 fully saturated rings. The predicted molar refractivity (Wildman–Crippen MR) is 77.0 cm³/mol. The predicted octanol–water partition coefficient (Wildman–Crippen LogP) is 2.13. The Morgan fingerprint density at radius 2 is 1.95 bits per heavy atom. The summed E-state index contributed by atoms with van der Waals surface area (Å²) in [5.41, 5.74) is 0.133. The molecule has 1 aliphatic rings. The first kappa shape index (κ1) is 15.1. The lowest BCUT2D eigenvalue weighted by Gasteiger charge is -2.31. The Kier molecular flexibility index (Phi) is 4.83. The van der Waals surface area contributed by atoms with Gasteiger partial charge < -0.3 is 10.2 Å². The van der Waals surface area contributed by atoms with Gasteiger partial charge in [0.05, 0.1) is 5.02 Å². The van der Waals surface area contributed by atoms with Gasteiger partial charge in [0.1, 0.15) is 10.8 Å². The third-order valence-electron chi connectivity index (χ3n) is 3.30. The minimum absolute atomic E-state index is 0.0231. The molecule has 5 nitrogen and oxygen atoms in total. The molecule has 0 radical (unpaired) electrons. The Morgan fingerprint density at radius 3 is 2.55 bits per heavy atom. The normalized spacial score (nSPS) is 16.1. The van der Waals surface area contributed by atoms with Gasteiger partial charge in [0.15, 0.2) is 0 Å². The summed E-state index contributed by atoms with van der Waals surface area (Å²) in [5, 5.41) is 3.38. The number of amides is 2. The second-order valence-corrected chi connectivity index (χ2v) is 5.51. The lowest BCUT2D eigenvalue weighted by Crippen LogP contribution is -2.46. The lowest BCUT2D eigenvalue weighted by atomic mass is 10.0. The minimum atomic E-state index is -0.334. The van der Waals surface area contributed by atoms with E-state index in [0.29, 0.717) is 13.1 Å². The van der Waals surface area contributed by atoms with E-state index in [1.54, 1.807) is 17.9 Å². The summed E-state index contributed by atoms with van der Waals surface area (Å²) >= 11 is 11.7. The number of piperidine rings is 1. The standard InChI is InChI=1S/C13H15Cl2N3O2/c1-8(19)18-6-4-9(5-7-18)16-13(20)12-10(14)2-3-11(15)17-12/h2-3,9H,4-7H2,1H3,(H,16,20). The fraction of sp³-hybridized carbons (Fsp3) is 0.462. The van der Waals surface area contributed by atoms with Gasteiger partial charge in [-0.3, -0.25) is 9.59 Å². The van der Waals surface area contributed by atoms with Gasteiger partial charge in [-0.15, -0.1) is 0 Å². The van der Waals surface area contributed by atoms with Crippen LogP contribution < -0.4 is 5.32 Å². The lowest BCUT2D eigenvalue weighted by molar-refractivity contribution is -0.129. The molecule has 0 atom stereocenters. The first-order valence-corrected chi connectivity index (χ1v) is 7.11. The molecule has 1 N–H and O–H groups in total. The van der Waals surface area contributed by atoms with Crippen LogP contribution in [0.3, 0.4) is 0 Å². The zero-order chi connectivity index (χ0) is 14.7. The highest BCUT2D eigenvalue weighted by Gasteiger charge is 2.23. The molecule has 1 aliphatic heterocycles. The molecule has 108 valence electrons. The second kappa shape index (κ2) is 6.41. The van der Waals surface area contributed by atoms with Crippen molar-refractivity contribution in [1.29, 1.82) is 0 Å². The summed E-state index contributed by atoms with van der Waals surface area (Å²) < 4.78 is 0. The SMILES string of the molecule is CC(=O)N1CCC(NC(=O)c2nc(Cl)ccc2Cl)CC1. The second-order valence-electron chi connectivity index (χ2n) is 4.72. The number of halogens is 2. The van der Waals surface area contributed by atoms with Crippen molar-refractivity contribution < 1.29 is 9.59 Å². The number of rotatable bonds is 2. The summed E-state index contributed by atoms with van der Waals surface area (Å²) in [4.78, 5) is 29.0. The van der Waals surface area contributed by atoms with Crippen LogP contribution in [0.2, 0.25) is 10.2 Å². The first-order chi connectivity index (χ1) is 9.47. The molecule has 0 saturated carbocycles. The van der Waals surface area contributed by atoms with Crippen LogP contribution in [0.15, 0.2) is 12.1 Å². The Hall–Kier alpha value is -1.33. The monoisotopic (exact) mass is 315 g/mol. The number of aromatic nitrogens is 1. The van der Waals surface area contributed by atoms with Crippen LogP contribution in [0.4, 0.5) is 0 Å². The molecule has 1 saturated heterocycles. The highest BCUT2D eigenvalue weighted by atomic mass is 35.5. The van der Waals surface area contributed by atoms with Crippen molar-refractivity contribution in [2.24, 2.45) is 0 Å². The van der Waals surface area contributed by atoms with E-state index in [0.717, 1.165) is 12.8 Å². The molecular weight excluding hydrogens is 301 g/mol. The molecule has 7 heteroatoms. The van der Waals surface area contributed by atoms with Gasteiger partial charge in [0, 0.05) is 26.1 Å². The van der Waals surface area contributed by atoms with Crippen LogP contribution in [0.5, 0.6) is 0 Å². The molecule has 2 heterocycles. The molecule has 0 unspecified atom stereocenters. The number of likely N-dealkylation sites (tertiary alicyclic amines) is 1. The van der Waals surface area contributed by atoms with Crippen molar-refractivity contribution >= 4 is 35.0 Å². The molecule has 20 heavy (non-hydrogen) atoms. The molecule has 0 spiro atoms. The summed E-state index contributed by atoms with van der Waals surface area (Å²) in [6.07, 6.45) is 1.45. The van der Waals surface area contributed by atoms with Crippen molar-refractivity contribution in [3.63, 3.8) is 0 Å². The largest absolute Gasteiger partial charge is 0.348 e. The molecular formula is C13H15Cl2N3O2. The van der Waals surface area contributed by atoms with Gasteiger partial charge in [-0.2, -0.15) is 0 Å². The number of nitrogens with zero attached hydrogens (tertiary/aromatic N) is 2. The Bertz CT molecular complexity index is 528. The molecule has 2 rings (SSSR count). The van der Waals surface area contributed by atoms with E-state index in [-0.39, 0.29) is 33.7 Å². The molecule has 0 aromatic carbocycles.